The average Bonchev–Trinajstić information content (AvgIpc) is 3.17. The van der Waals surface area contributed by atoms with Crippen LogP contribution in [0, 0.1) is 0 Å². The number of hydrogen-bond donors (Lipinski definition) is 3. The SMILES string of the molecule is CCc1ccc(-c2nc(SC(C)C(=O)Nc3ccc(NC(C)=O)cc3)n[nH]2)cc1. The summed E-state index contributed by atoms with van der Waals surface area (Å²) in [7, 11) is 0. The van der Waals surface area contributed by atoms with Crippen molar-refractivity contribution >= 4 is 35.0 Å². The molecule has 2 aromatic carbocycles. The Hall–Kier alpha value is -3.13. The second-order valence-electron chi connectivity index (χ2n) is 6.52. The van der Waals surface area contributed by atoms with E-state index in [4.69, 9.17) is 0 Å². The van der Waals surface area contributed by atoms with Crippen LogP contribution in [0.2, 0.25) is 0 Å². The normalized spacial score (nSPS) is 11.7. The van der Waals surface area contributed by atoms with Crippen molar-refractivity contribution in [3.8, 4) is 11.4 Å². The molecule has 0 bridgehead atoms. The van der Waals surface area contributed by atoms with Crippen LogP contribution in [0.25, 0.3) is 11.4 Å². The smallest absolute Gasteiger partial charge is 0.237 e. The minimum Gasteiger partial charge on any atom is -0.326 e. The van der Waals surface area contributed by atoms with Gasteiger partial charge in [0, 0.05) is 23.9 Å². The molecule has 3 N–H and O–H groups in total. The highest BCUT2D eigenvalue weighted by Crippen LogP contribution is 2.24. The van der Waals surface area contributed by atoms with Gasteiger partial charge < -0.3 is 10.6 Å². The number of rotatable bonds is 7. The molecule has 3 aromatic rings. The Kier molecular flexibility index (Phi) is 6.66. The molecule has 0 aliphatic rings. The van der Waals surface area contributed by atoms with Crippen LogP contribution in [0.5, 0.6) is 0 Å². The number of nitrogens with one attached hydrogen (secondary N) is 3. The number of hydrogen-bond acceptors (Lipinski definition) is 5. The maximum atomic E-state index is 12.5. The van der Waals surface area contributed by atoms with E-state index < -0.39 is 0 Å². The third-order valence-corrected chi connectivity index (χ3v) is 5.19. The van der Waals surface area contributed by atoms with Crippen molar-refractivity contribution in [2.45, 2.75) is 37.6 Å². The molecule has 0 aliphatic carbocycles. The van der Waals surface area contributed by atoms with Crippen LogP contribution in [0.15, 0.2) is 53.7 Å². The predicted molar refractivity (Wildman–Crippen MR) is 116 cm³/mol. The number of H-pyrrole nitrogens is 1. The van der Waals surface area contributed by atoms with Gasteiger partial charge in [0.05, 0.1) is 5.25 Å². The second kappa shape index (κ2) is 9.38. The van der Waals surface area contributed by atoms with Gasteiger partial charge >= 0.3 is 0 Å². The van der Waals surface area contributed by atoms with Gasteiger partial charge in [0.2, 0.25) is 17.0 Å². The van der Waals surface area contributed by atoms with Gasteiger partial charge in [-0.1, -0.05) is 43.0 Å². The van der Waals surface area contributed by atoms with Gasteiger partial charge in [-0.15, -0.1) is 5.10 Å². The highest BCUT2D eigenvalue weighted by atomic mass is 32.2. The lowest BCUT2D eigenvalue weighted by Gasteiger charge is -2.10. The Bertz CT molecular complexity index is 983. The maximum Gasteiger partial charge on any atom is 0.237 e. The summed E-state index contributed by atoms with van der Waals surface area (Å²) in [5.41, 5.74) is 3.55. The molecule has 0 spiro atoms. The van der Waals surface area contributed by atoms with E-state index in [1.54, 1.807) is 31.2 Å². The van der Waals surface area contributed by atoms with E-state index in [9.17, 15) is 9.59 Å². The number of nitrogens with zero attached hydrogens (tertiary/aromatic N) is 2. The lowest BCUT2D eigenvalue weighted by Crippen LogP contribution is -2.22. The van der Waals surface area contributed by atoms with Crippen LogP contribution in [-0.2, 0) is 16.0 Å². The van der Waals surface area contributed by atoms with E-state index in [1.165, 1.54) is 24.2 Å². The summed E-state index contributed by atoms with van der Waals surface area (Å²) < 4.78 is 0. The molecule has 29 heavy (non-hydrogen) atoms. The summed E-state index contributed by atoms with van der Waals surface area (Å²) in [6.07, 6.45) is 0.986. The summed E-state index contributed by atoms with van der Waals surface area (Å²) in [5, 5.41) is 12.8. The van der Waals surface area contributed by atoms with Crippen molar-refractivity contribution in [2.75, 3.05) is 10.6 Å². The number of benzene rings is 2. The molecule has 0 radical (unpaired) electrons. The van der Waals surface area contributed by atoms with Gasteiger partial charge in [-0.05, 0) is 43.2 Å². The number of aryl methyl sites for hydroxylation is 1. The fraction of sp³-hybridized carbons (Fsp3) is 0.238. The largest absolute Gasteiger partial charge is 0.326 e. The average molecular weight is 410 g/mol. The number of carbonyl (C=O) groups is 2. The third-order valence-electron chi connectivity index (χ3n) is 4.22. The van der Waals surface area contributed by atoms with E-state index in [2.05, 4.69) is 44.9 Å². The van der Waals surface area contributed by atoms with Gasteiger partial charge in [0.15, 0.2) is 5.82 Å². The van der Waals surface area contributed by atoms with Gasteiger partial charge in [0.25, 0.3) is 0 Å². The number of aromatic nitrogens is 3. The highest BCUT2D eigenvalue weighted by molar-refractivity contribution is 8.00. The lowest BCUT2D eigenvalue weighted by molar-refractivity contribution is -0.115. The van der Waals surface area contributed by atoms with Crippen LogP contribution in [0.1, 0.15) is 26.3 Å². The quantitative estimate of drug-likeness (QED) is 0.510. The van der Waals surface area contributed by atoms with Crippen LogP contribution in [-0.4, -0.2) is 32.2 Å². The molecule has 2 amide bonds. The summed E-state index contributed by atoms with van der Waals surface area (Å²) in [6.45, 7) is 5.36. The Morgan fingerprint density at radius 2 is 1.66 bits per heavy atom. The van der Waals surface area contributed by atoms with E-state index >= 15 is 0 Å². The van der Waals surface area contributed by atoms with Crippen LogP contribution < -0.4 is 10.6 Å². The van der Waals surface area contributed by atoms with E-state index in [0.29, 0.717) is 22.4 Å². The zero-order valence-electron chi connectivity index (χ0n) is 16.5. The standard InChI is InChI=1S/C21H23N5O2S/c1-4-15-5-7-16(8-6-15)19-24-21(26-25-19)29-13(2)20(28)23-18-11-9-17(10-12-18)22-14(3)27/h5-13H,4H2,1-3H3,(H,22,27)(H,23,28)(H,24,25,26). The highest BCUT2D eigenvalue weighted by Gasteiger charge is 2.17. The predicted octanol–water partition coefficient (Wildman–Crippen LogP) is 4.11. The topological polar surface area (TPSA) is 99.8 Å². The number of thioether (sulfide) groups is 1. The summed E-state index contributed by atoms with van der Waals surface area (Å²) in [4.78, 5) is 28.0. The van der Waals surface area contributed by atoms with Crippen LogP contribution >= 0.6 is 11.8 Å². The molecule has 7 nitrogen and oxygen atoms in total. The monoisotopic (exact) mass is 409 g/mol. The Balaban J connectivity index is 1.58. The molecule has 8 heteroatoms. The third kappa shape index (κ3) is 5.68. The zero-order valence-corrected chi connectivity index (χ0v) is 17.3. The van der Waals surface area contributed by atoms with Gasteiger partial charge in [-0.3, -0.25) is 14.7 Å². The molecule has 1 atom stereocenters. The van der Waals surface area contributed by atoms with Crippen molar-refractivity contribution in [3.05, 3.63) is 54.1 Å². The van der Waals surface area contributed by atoms with Gasteiger partial charge in [0.1, 0.15) is 0 Å². The first-order chi connectivity index (χ1) is 13.9. The molecule has 0 saturated carbocycles. The van der Waals surface area contributed by atoms with Crippen molar-refractivity contribution in [3.63, 3.8) is 0 Å². The number of anilines is 2. The first-order valence-electron chi connectivity index (χ1n) is 9.31. The first-order valence-corrected chi connectivity index (χ1v) is 10.2. The molecule has 3 rings (SSSR count). The summed E-state index contributed by atoms with van der Waals surface area (Å²) in [6, 6.07) is 15.1. The van der Waals surface area contributed by atoms with Crippen LogP contribution in [0.4, 0.5) is 11.4 Å². The fourth-order valence-electron chi connectivity index (χ4n) is 2.62. The van der Waals surface area contributed by atoms with E-state index in [-0.39, 0.29) is 17.1 Å². The van der Waals surface area contributed by atoms with Gasteiger partial charge in [-0.2, -0.15) is 0 Å². The van der Waals surface area contributed by atoms with Crippen molar-refractivity contribution in [2.24, 2.45) is 0 Å². The molecule has 0 fully saturated rings. The van der Waals surface area contributed by atoms with Crippen molar-refractivity contribution < 1.29 is 9.59 Å². The van der Waals surface area contributed by atoms with E-state index in [0.717, 1.165) is 12.0 Å². The molecule has 1 unspecified atom stereocenters. The summed E-state index contributed by atoms with van der Waals surface area (Å²) >= 11 is 1.28. The Morgan fingerprint density at radius 1 is 1.03 bits per heavy atom. The molecule has 0 saturated heterocycles. The van der Waals surface area contributed by atoms with Crippen LogP contribution in [0.3, 0.4) is 0 Å². The molecular weight excluding hydrogens is 386 g/mol. The fourth-order valence-corrected chi connectivity index (χ4v) is 3.35. The second-order valence-corrected chi connectivity index (χ2v) is 7.83. The summed E-state index contributed by atoms with van der Waals surface area (Å²) in [5.74, 6) is 0.385. The van der Waals surface area contributed by atoms with Gasteiger partial charge in [-0.25, -0.2) is 4.98 Å². The van der Waals surface area contributed by atoms with Crippen molar-refractivity contribution in [1.82, 2.24) is 15.2 Å². The first kappa shape index (κ1) is 20.6. The number of carbonyl (C=O) groups excluding carboxylic acids is 2. The molecule has 0 aliphatic heterocycles. The molecular formula is C21H23N5O2S. The Labute approximate surface area is 173 Å². The van der Waals surface area contributed by atoms with E-state index in [1.807, 2.05) is 12.1 Å². The van der Waals surface area contributed by atoms with Crippen molar-refractivity contribution in [1.29, 1.82) is 0 Å². The molecule has 1 heterocycles. The molecule has 150 valence electrons. The number of amides is 2. The number of aromatic amines is 1. The Morgan fingerprint density at radius 3 is 2.24 bits per heavy atom. The zero-order chi connectivity index (χ0) is 20.8. The minimum atomic E-state index is -0.379. The lowest BCUT2D eigenvalue weighted by atomic mass is 10.1. The minimum absolute atomic E-state index is 0.140. The maximum absolute atomic E-state index is 12.5. The molecule has 1 aromatic heterocycles.